The van der Waals surface area contributed by atoms with Crippen LogP contribution in [0.25, 0.3) is 22.3 Å². The van der Waals surface area contributed by atoms with Crippen molar-refractivity contribution in [2.45, 2.75) is 86.0 Å². The van der Waals surface area contributed by atoms with Gasteiger partial charge in [-0.05, 0) is 24.3 Å². The lowest BCUT2D eigenvalue weighted by molar-refractivity contribution is -0.353. The zero-order chi connectivity index (χ0) is 47.7. The van der Waals surface area contributed by atoms with Gasteiger partial charge in [0.25, 0.3) is 0 Å². The average molecular weight is 938 g/mol. The van der Waals surface area contributed by atoms with Gasteiger partial charge in [-0.3, -0.25) is 0 Å². The average Bonchev–Trinajstić information content (AvgIpc) is 3.30. The van der Waals surface area contributed by atoms with Gasteiger partial charge in [0.05, 0.1) is 51.7 Å². The first-order valence-corrected chi connectivity index (χ1v) is 20.1. The molecule has 12 N–H and O–H groups in total. The van der Waals surface area contributed by atoms with Crippen molar-refractivity contribution in [2.75, 3.05) is 41.2 Å². The molecule has 24 heteroatoms. The van der Waals surface area contributed by atoms with Gasteiger partial charge >= 0.3 is 17.3 Å². The number of aliphatic hydroxyl groups is 8. The molecule has 360 valence electrons. The highest BCUT2D eigenvalue weighted by molar-refractivity contribution is 5.91. The molecule has 3 aliphatic heterocycles. The van der Waals surface area contributed by atoms with Crippen LogP contribution in [0.15, 0.2) is 52.9 Å². The maximum atomic E-state index is 13.1. The largest absolute Gasteiger partial charge is 0.507 e. The third-order valence-electron chi connectivity index (χ3n) is 11.1. The second-order valence-corrected chi connectivity index (χ2v) is 15.4. The molecule has 66 heavy (non-hydrogen) atoms. The molecule has 7 rings (SSSR count). The van der Waals surface area contributed by atoms with Crippen LogP contribution >= 0.6 is 0 Å². The summed E-state index contributed by atoms with van der Waals surface area (Å²) in [6.07, 6.45) is -25.4. The van der Waals surface area contributed by atoms with Crippen LogP contribution < -0.4 is 18.9 Å². The first-order chi connectivity index (χ1) is 31.4. The highest BCUT2D eigenvalue weighted by Gasteiger charge is 2.52. The van der Waals surface area contributed by atoms with Crippen molar-refractivity contribution in [3.63, 3.8) is 0 Å². The number of aliphatic hydroxyl groups excluding tert-OH is 8. The van der Waals surface area contributed by atoms with Crippen LogP contribution in [0.1, 0.15) is 10.4 Å². The highest BCUT2D eigenvalue weighted by Crippen LogP contribution is 2.43. The number of carbonyl (C=O) groups is 1. The van der Waals surface area contributed by atoms with Gasteiger partial charge in [-0.25, -0.2) is 9.21 Å². The lowest BCUT2D eigenvalue weighted by Gasteiger charge is -2.45. The molecule has 3 aliphatic rings. The number of ether oxygens (including phenoxy) is 10. The lowest BCUT2D eigenvalue weighted by Crippen LogP contribution is -2.64. The van der Waals surface area contributed by atoms with Crippen molar-refractivity contribution in [1.82, 2.24) is 0 Å². The Morgan fingerprint density at radius 3 is 1.97 bits per heavy atom. The number of phenols is 4. The minimum Gasteiger partial charge on any atom is -0.507 e. The molecule has 4 aromatic rings. The standard InChI is InChI=1S/C42H48O24/c1-56-24-7-16(8-25(57-2)37(24)58-3)39(55)59-13-27-30(49)32(51)35(54)40(64-27)61-14-28-31(50)33(52)38(66-41-34(53)29(48)22(47)12-60-41)42(65-28)63-26-11-18-20(45)9-17(43)10-23(18)62-36(26)15-4-5-19(44)21(46)6-15/h4-11,22,27-35,38,40-42,47-54H,12-14H2,1-3H3,(H3-,43,44,45,46)/p+1/t22-,27-,28-,29+,30-,31+,32+,33+,34-,35-,38-,40-,41+,42-/m1/s1. The Bertz CT molecular complexity index is 2320. The summed E-state index contributed by atoms with van der Waals surface area (Å²) in [5.41, 5.74) is -0.0977. The Kier molecular flexibility index (Phi) is 14.7. The van der Waals surface area contributed by atoms with Crippen LogP contribution in [0.4, 0.5) is 0 Å². The van der Waals surface area contributed by atoms with Crippen molar-refractivity contribution in [2.24, 2.45) is 0 Å². The third-order valence-corrected chi connectivity index (χ3v) is 11.1. The quantitative estimate of drug-likeness (QED) is 0.0391. The molecular formula is C42H49O24+. The summed E-state index contributed by atoms with van der Waals surface area (Å²) in [6, 6.07) is 9.50. The molecule has 3 aromatic carbocycles. The zero-order valence-electron chi connectivity index (χ0n) is 35.1. The van der Waals surface area contributed by atoms with Gasteiger partial charge < -0.3 is 109 Å². The Balaban J connectivity index is 1.14. The van der Waals surface area contributed by atoms with E-state index in [0.717, 1.165) is 24.3 Å². The summed E-state index contributed by atoms with van der Waals surface area (Å²) in [7, 11) is 4.04. The maximum absolute atomic E-state index is 13.1. The molecular weight excluding hydrogens is 888 g/mol. The SMILES string of the molecule is COc1cc(C(=O)OC[C@H]2O[C@@H](OC[C@H]3O[C@@H](Oc4cc5c(O)cc(O)cc5[o+]c4-c4ccc(O)c(O)c4)[C@H](O[C@@H]4OC[C@@H](O)[C@H](O)[C@H]4O)[C@@H](O)[C@H]3O)[C@H](O)[C@@H](O)[C@@H]2O)cc(OC)c1OC. The third kappa shape index (κ3) is 9.77. The first-order valence-electron chi connectivity index (χ1n) is 20.1. The minimum atomic E-state index is -2.03. The van der Waals surface area contributed by atoms with Crippen molar-refractivity contribution >= 4 is 16.9 Å². The van der Waals surface area contributed by atoms with E-state index in [0.29, 0.717) is 0 Å². The van der Waals surface area contributed by atoms with Crippen LogP contribution in [-0.2, 0) is 28.4 Å². The summed E-state index contributed by atoms with van der Waals surface area (Å²) in [4.78, 5) is 13.1. The van der Waals surface area contributed by atoms with Crippen LogP contribution in [-0.4, -0.2) is 194 Å². The van der Waals surface area contributed by atoms with E-state index in [1.165, 1.54) is 45.6 Å². The predicted molar refractivity (Wildman–Crippen MR) is 216 cm³/mol. The molecule has 0 unspecified atom stereocenters. The van der Waals surface area contributed by atoms with Crippen LogP contribution in [0.2, 0.25) is 0 Å². The molecule has 14 atom stereocenters. The minimum absolute atomic E-state index is 0.0423. The van der Waals surface area contributed by atoms with Crippen LogP contribution in [0, 0.1) is 0 Å². The van der Waals surface area contributed by atoms with Crippen molar-refractivity contribution in [1.29, 1.82) is 0 Å². The van der Waals surface area contributed by atoms with E-state index in [9.17, 15) is 66.1 Å². The van der Waals surface area contributed by atoms with Gasteiger partial charge in [0.2, 0.25) is 17.8 Å². The molecule has 1 aromatic heterocycles. The molecule has 4 heterocycles. The molecule has 3 saturated heterocycles. The van der Waals surface area contributed by atoms with E-state index in [-0.39, 0.29) is 50.9 Å². The normalized spacial score (nSPS) is 31.3. The number of methoxy groups -OCH3 is 3. The van der Waals surface area contributed by atoms with Gasteiger partial charge in [-0.1, -0.05) is 0 Å². The van der Waals surface area contributed by atoms with E-state index >= 15 is 0 Å². The molecule has 24 nitrogen and oxygen atoms in total. The fourth-order valence-corrected chi connectivity index (χ4v) is 7.42. The fraction of sp³-hybridized carbons (Fsp3) is 0.476. The number of hydrogen-bond acceptors (Lipinski definition) is 23. The lowest BCUT2D eigenvalue weighted by atomic mass is 9.97. The molecule has 0 amide bonds. The predicted octanol–water partition coefficient (Wildman–Crippen LogP) is -1.44. The number of aromatic hydroxyl groups is 4. The fourth-order valence-electron chi connectivity index (χ4n) is 7.42. The van der Waals surface area contributed by atoms with Crippen LogP contribution in [0.3, 0.4) is 0 Å². The number of carbonyl (C=O) groups excluding carboxylic acids is 1. The summed E-state index contributed by atoms with van der Waals surface area (Å²) in [5, 5.41) is 128. The molecule has 0 spiro atoms. The van der Waals surface area contributed by atoms with E-state index in [1.54, 1.807) is 0 Å². The van der Waals surface area contributed by atoms with Gasteiger partial charge in [0.1, 0.15) is 84.5 Å². The van der Waals surface area contributed by atoms with E-state index in [2.05, 4.69) is 0 Å². The van der Waals surface area contributed by atoms with Crippen molar-refractivity contribution in [3.8, 4) is 57.3 Å². The van der Waals surface area contributed by atoms with Gasteiger partial charge in [-0.2, -0.15) is 0 Å². The summed E-state index contributed by atoms with van der Waals surface area (Å²) in [6.45, 7) is -2.00. The Labute approximate surface area is 373 Å². The van der Waals surface area contributed by atoms with Crippen molar-refractivity contribution in [3.05, 3.63) is 54.1 Å². The topological polar surface area (TPSA) is 363 Å². The van der Waals surface area contributed by atoms with Gasteiger partial charge in [-0.15, -0.1) is 0 Å². The van der Waals surface area contributed by atoms with E-state index in [4.69, 9.17) is 51.8 Å². The molecule has 3 fully saturated rings. The highest BCUT2D eigenvalue weighted by atomic mass is 16.8. The molecule has 0 saturated carbocycles. The second kappa shape index (κ2) is 20.1. The summed E-state index contributed by atoms with van der Waals surface area (Å²) < 4.78 is 62.1. The second-order valence-electron chi connectivity index (χ2n) is 15.4. The molecule has 0 radical (unpaired) electrons. The smallest absolute Gasteiger partial charge is 0.402 e. The number of hydrogen-bond donors (Lipinski definition) is 12. The maximum Gasteiger partial charge on any atom is 0.402 e. The Hall–Kier alpha value is -5.58. The molecule has 0 bridgehead atoms. The number of esters is 1. The van der Waals surface area contributed by atoms with E-state index < -0.39 is 135 Å². The van der Waals surface area contributed by atoms with E-state index in [1.807, 2.05) is 0 Å². The number of phenolic OH excluding ortho intramolecular Hbond substituents is 4. The van der Waals surface area contributed by atoms with Gasteiger partial charge in [0, 0.05) is 18.2 Å². The van der Waals surface area contributed by atoms with Crippen molar-refractivity contribution < 1.29 is 118 Å². The zero-order valence-corrected chi connectivity index (χ0v) is 35.1. The van der Waals surface area contributed by atoms with Gasteiger partial charge in [0.15, 0.2) is 41.7 Å². The summed E-state index contributed by atoms with van der Waals surface area (Å²) in [5.74, 6) is -2.99. The Morgan fingerprint density at radius 1 is 0.652 bits per heavy atom. The summed E-state index contributed by atoms with van der Waals surface area (Å²) >= 11 is 0. The monoisotopic (exact) mass is 937 g/mol. The number of fused-ring (bicyclic) bond motifs is 1. The number of rotatable bonds is 14. The molecule has 0 aliphatic carbocycles. The first kappa shape index (κ1) is 48.4. The Morgan fingerprint density at radius 2 is 1.30 bits per heavy atom. The number of benzene rings is 3. The van der Waals surface area contributed by atoms with Crippen LogP contribution in [0.5, 0.6) is 46.0 Å².